The van der Waals surface area contributed by atoms with E-state index in [1.165, 1.54) is 25.5 Å². The summed E-state index contributed by atoms with van der Waals surface area (Å²) in [6, 6.07) is 1.54. The first-order chi connectivity index (χ1) is 8.00. The number of pyridine rings is 1. The Bertz CT molecular complexity index is 443. The van der Waals surface area contributed by atoms with E-state index in [4.69, 9.17) is 17.3 Å². The van der Waals surface area contributed by atoms with E-state index in [9.17, 15) is 4.79 Å². The summed E-state index contributed by atoms with van der Waals surface area (Å²) in [7, 11) is 0. The highest BCUT2D eigenvalue weighted by Gasteiger charge is 2.31. The SMILES string of the molecule is CC1(CNC(=O)c2cnc(N)c(Cl)c2)CCC1. The van der Waals surface area contributed by atoms with Gasteiger partial charge in [-0.1, -0.05) is 24.9 Å². The Morgan fingerprint density at radius 3 is 2.88 bits per heavy atom. The van der Waals surface area contributed by atoms with Gasteiger partial charge in [-0.3, -0.25) is 4.79 Å². The van der Waals surface area contributed by atoms with Gasteiger partial charge in [-0.2, -0.15) is 0 Å². The van der Waals surface area contributed by atoms with Crippen LogP contribution >= 0.6 is 11.6 Å². The van der Waals surface area contributed by atoms with Crippen molar-refractivity contribution >= 4 is 23.3 Å². The predicted octanol–water partition coefficient (Wildman–Crippen LogP) is 2.24. The Hall–Kier alpha value is -1.29. The molecular formula is C12H16ClN3O. The molecule has 4 nitrogen and oxygen atoms in total. The Balaban J connectivity index is 1.97. The zero-order valence-corrected chi connectivity index (χ0v) is 10.5. The van der Waals surface area contributed by atoms with Crippen LogP contribution in [0.25, 0.3) is 0 Å². The van der Waals surface area contributed by atoms with E-state index in [1.54, 1.807) is 6.07 Å². The van der Waals surface area contributed by atoms with E-state index >= 15 is 0 Å². The highest BCUT2D eigenvalue weighted by molar-refractivity contribution is 6.33. The Labute approximate surface area is 106 Å². The molecule has 17 heavy (non-hydrogen) atoms. The number of amides is 1. The van der Waals surface area contributed by atoms with Crippen LogP contribution in [0, 0.1) is 5.41 Å². The smallest absolute Gasteiger partial charge is 0.252 e. The molecule has 0 aliphatic heterocycles. The van der Waals surface area contributed by atoms with Gasteiger partial charge in [0.2, 0.25) is 0 Å². The number of carbonyl (C=O) groups is 1. The number of hydrogen-bond donors (Lipinski definition) is 2. The first-order valence-electron chi connectivity index (χ1n) is 5.69. The van der Waals surface area contributed by atoms with Crippen LogP contribution in [-0.4, -0.2) is 17.4 Å². The van der Waals surface area contributed by atoms with Gasteiger partial charge in [0.25, 0.3) is 5.91 Å². The van der Waals surface area contributed by atoms with E-state index in [1.807, 2.05) is 0 Å². The monoisotopic (exact) mass is 253 g/mol. The number of hydrogen-bond acceptors (Lipinski definition) is 3. The molecule has 0 saturated heterocycles. The highest BCUT2D eigenvalue weighted by atomic mass is 35.5. The average molecular weight is 254 g/mol. The molecule has 0 atom stereocenters. The van der Waals surface area contributed by atoms with Gasteiger partial charge in [0.15, 0.2) is 0 Å². The summed E-state index contributed by atoms with van der Waals surface area (Å²) in [6.07, 6.45) is 5.04. The lowest BCUT2D eigenvalue weighted by molar-refractivity contribution is 0.0890. The third-order valence-electron chi connectivity index (χ3n) is 3.37. The van der Waals surface area contributed by atoms with E-state index in [2.05, 4.69) is 17.2 Å². The number of nitrogens with two attached hydrogens (primary N) is 1. The van der Waals surface area contributed by atoms with Crippen LogP contribution in [0.1, 0.15) is 36.5 Å². The Morgan fingerprint density at radius 2 is 2.35 bits per heavy atom. The van der Waals surface area contributed by atoms with Crippen molar-refractivity contribution in [3.8, 4) is 0 Å². The molecule has 1 heterocycles. The van der Waals surface area contributed by atoms with Gasteiger partial charge in [-0.05, 0) is 24.3 Å². The van der Waals surface area contributed by atoms with Crippen molar-refractivity contribution in [3.63, 3.8) is 0 Å². The number of rotatable bonds is 3. The molecule has 0 radical (unpaired) electrons. The fourth-order valence-corrected chi connectivity index (χ4v) is 2.09. The van der Waals surface area contributed by atoms with Crippen molar-refractivity contribution in [2.75, 3.05) is 12.3 Å². The maximum absolute atomic E-state index is 11.8. The molecule has 92 valence electrons. The summed E-state index contributed by atoms with van der Waals surface area (Å²) in [6.45, 7) is 2.89. The molecule has 3 N–H and O–H groups in total. The van der Waals surface area contributed by atoms with Crippen LogP contribution in [0.3, 0.4) is 0 Å². The summed E-state index contributed by atoms with van der Waals surface area (Å²) in [4.78, 5) is 15.7. The normalized spacial score (nSPS) is 17.3. The fraction of sp³-hybridized carbons (Fsp3) is 0.500. The van der Waals surface area contributed by atoms with Gasteiger partial charge in [-0.15, -0.1) is 0 Å². The predicted molar refractivity (Wildman–Crippen MR) is 68.0 cm³/mol. The van der Waals surface area contributed by atoms with Gasteiger partial charge >= 0.3 is 0 Å². The standard InChI is InChI=1S/C12H16ClN3O/c1-12(3-2-4-12)7-16-11(17)8-5-9(13)10(14)15-6-8/h5-6H,2-4,7H2,1H3,(H2,14,15)(H,16,17). The lowest BCUT2D eigenvalue weighted by Gasteiger charge is -2.38. The van der Waals surface area contributed by atoms with Crippen LogP contribution in [-0.2, 0) is 0 Å². The fourth-order valence-electron chi connectivity index (χ4n) is 1.93. The maximum Gasteiger partial charge on any atom is 0.252 e. The maximum atomic E-state index is 11.8. The molecular weight excluding hydrogens is 238 g/mol. The molecule has 1 aromatic rings. The second-order valence-electron chi connectivity index (χ2n) is 4.94. The Morgan fingerprint density at radius 1 is 1.65 bits per heavy atom. The van der Waals surface area contributed by atoms with Crippen molar-refractivity contribution in [1.82, 2.24) is 10.3 Å². The molecule has 1 aliphatic carbocycles. The van der Waals surface area contributed by atoms with E-state index in [-0.39, 0.29) is 17.1 Å². The van der Waals surface area contributed by atoms with Crippen molar-refractivity contribution in [3.05, 3.63) is 22.8 Å². The van der Waals surface area contributed by atoms with Crippen LogP contribution in [0.5, 0.6) is 0 Å². The van der Waals surface area contributed by atoms with Gasteiger partial charge in [0, 0.05) is 12.7 Å². The van der Waals surface area contributed by atoms with Crippen molar-refractivity contribution in [2.24, 2.45) is 5.41 Å². The molecule has 5 heteroatoms. The van der Waals surface area contributed by atoms with Crippen molar-refractivity contribution < 1.29 is 4.79 Å². The highest BCUT2D eigenvalue weighted by Crippen LogP contribution is 2.39. The third-order valence-corrected chi connectivity index (χ3v) is 3.67. The minimum absolute atomic E-state index is 0.146. The molecule has 0 bridgehead atoms. The second-order valence-corrected chi connectivity index (χ2v) is 5.35. The first kappa shape index (κ1) is 12.2. The van der Waals surface area contributed by atoms with Crippen LogP contribution in [0.4, 0.5) is 5.82 Å². The van der Waals surface area contributed by atoms with Crippen LogP contribution < -0.4 is 11.1 Å². The number of nitrogen functional groups attached to an aromatic ring is 1. The molecule has 1 aromatic heterocycles. The zero-order valence-electron chi connectivity index (χ0n) is 9.79. The molecule has 1 saturated carbocycles. The van der Waals surface area contributed by atoms with Gasteiger partial charge in [-0.25, -0.2) is 4.98 Å². The minimum atomic E-state index is -0.146. The van der Waals surface area contributed by atoms with E-state index in [0.29, 0.717) is 17.1 Å². The van der Waals surface area contributed by atoms with E-state index < -0.39 is 0 Å². The number of nitrogens with one attached hydrogen (secondary N) is 1. The number of anilines is 1. The second kappa shape index (κ2) is 4.53. The molecule has 0 unspecified atom stereocenters. The van der Waals surface area contributed by atoms with Crippen LogP contribution in [0.2, 0.25) is 5.02 Å². The average Bonchev–Trinajstić information content (AvgIpc) is 2.27. The van der Waals surface area contributed by atoms with Crippen molar-refractivity contribution in [2.45, 2.75) is 26.2 Å². The number of nitrogens with zero attached hydrogens (tertiary/aromatic N) is 1. The number of aromatic nitrogens is 1. The van der Waals surface area contributed by atoms with Gasteiger partial charge in [0.05, 0.1) is 10.6 Å². The van der Waals surface area contributed by atoms with Crippen molar-refractivity contribution in [1.29, 1.82) is 0 Å². The minimum Gasteiger partial charge on any atom is -0.382 e. The zero-order chi connectivity index (χ0) is 12.5. The van der Waals surface area contributed by atoms with Gasteiger partial charge < -0.3 is 11.1 Å². The molecule has 0 spiro atoms. The summed E-state index contributed by atoms with van der Waals surface area (Å²) in [5, 5.41) is 3.22. The molecule has 0 aromatic carbocycles. The summed E-state index contributed by atoms with van der Waals surface area (Å²) >= 11 is 5.82. The quantitative estimate of drug-likeness (QED) is 0.868. The Kier molecular flexibility index (Phi) is 3.24. The third kappa shape index (κ3) is 2.69. The number of carbonyl (C=O) groups excluding carboxylic acids is 1. The van der Waals surface area contributed by atoms with E-state index in [0.717, 1.165) is 0 Å². The molecule has 1 fully saturated rings. The summed E-state index contributed by atoms with van der Waals surface area (Å²) < 4.78 is 0. The van der Waals surface area contributed by atoms with Crippen LogP contribution in [0.15, 0.2) is 12.3 Å². The largest absolute Gasteiger partial charge is 0.382 e. The van der Waals surface area contributed by atoms with Gasteiger partial charge in [0.1, 0.15) is 5.82 Å². The first-order valence-corrected chi connectivity index (χ1v) is 6.07. The molecule has 1 aliphatic rings. The molecule has 2 rings (SSSR count). The summed E-state index contributed by atoms with van der Waals surface area (Å²) in [5.41, 5.74) is 6.20. The topological polar surface area (TPSA) is 68.0 Å². The lowest BCUT2D eigenvalue weighted by atomic mass is 9.70. The number of halogens is 1. The molecule has 1 amide bonds. The lowest BCUT2D eigenvalue weighted by Crippen LogP contribution is -2.39. The summed E-state index contributed by atoms with van der Waals surface area (Å²) in [5.74, 6) is 0.0988.